The van der Waals surface area contributed by atoms with E-state index in [0.717, 1.165) is 44.0 Å². The van der Waals surface area contributed by atoms with E-state index in [-0.39, 0.29) is 4.90 Å². The number of aryl methyl sites for hydroxylation is 2. The molecule has 1 unspecified atom stereocenters. The van der Waals surface area contributed by atoms with Crippen LogP contribution in [0.15, 0.2) is 21.6 Å². The molecule has 0 radical (unpaired) electrons. The third-order valence-electron chi connectivity index (χ3n) is 4.88. The number of aromatic nitrogens is 3. The molecule has 0 saturated carbocycles. The molecule has 0 spiro atoms. The first kappa shape index (κ1) is 19.1. The number of hydrogen-bond acceptors (Lipinski definition) is 8. The monoisotopic (exact) mass is 404 g/mol. The molecular formula is C18H22N5O4S-. The van der Waals surface area contributed by atoms with Gasteiger partial charge in [0.15, 0.2) is 0 Å². The minimum atomic E-state index is -2.42. The summed E-state index contributed by atoms with van der Waals surface area (Å²) in [5, 5.41) is 7.20. The van der Waals surface area contributed by atoms with Gasteiger partial charge in [-0.3, -0.25) is 9.11 Å². The van der Waals surface area contributed by atoms with E-state index in [1.54, 1.807) is 13.0 Å². The molecule has 3 aromatic rings. The zero-order valence-corrected chi connectivity index (χ0v) is 16.6. The maximum absolute atomic E-state index is 11.8. The Hall–Kier alpha value is -2.27. The lowest BCUT2D eigenvalue weighted by atomic mass is 10.0. The van der Waals surface area contributed by atoms with E-state index in [9.17, 15) is 8.76 Å². The van der Waals surface area contributed by atoms with Gasteiger partial charge in [0.1, 0.15) is 11.3 Å². The average Bonchev–Trinajstić information content (AvgIpc) is 3.24. The van der Waals surface area contributed by atoms with Gasteiger partial charge in [-0.05, 0) is 42.6 Å². The zero-order chi connectivity index (χ0) is 19.7. The molecular weight excluding hydrogens is 382 g/mol. The first-order valence-electron chi connectivity index (χ1n) is 9.13. The molecule has 1 aliphatic rings. The van der Waals surface area contributed by atoms with Crippen molar-refractivity contribution in [2.75, 3.05) is 44.7 Å². The molecule has 0 aliphatic carbocycles. The molecule has 28 heavy (non-hydrogen) atoms. The second-order valence-corrected chi connectivity index (χ2v) is 7.68. The summed E-state index contributed by atoms with van der Waals surface area (Å²) in [4.78, 5) is 10.1. The molecule has 1 atom stereocenters. The van der Waals surface area contributed by atoms with E-state index in [0.29, 0.717) is 35.0 Å². The van der Waals surface area contributed by atoms with Gasteiger partial charge in [0.05, 0.1) is 29.3 Å². The van der Waals surface area contributed by atoms with Crippen molar-refractivity contribution in [2.24, 2.45) is 0 Å². The topological polar surface area (TPSA) is 119 Å². The summed E-state index contributed by atoms with van der Waals surface area (Å²) in [6.07, 6.45) is 0. The van der Waals surface area contributed by atoms with Crippen molar-refractivity contribution in [3.8, 4) is 11.1 Å². The van der Waals surface area contributed by atoms with Crippen LogP contribution < -0.4 is 5.32 Å². The molecule has 1 fully saturated rings. The fourth-order valence-electron chi connectivity index (χ4n) is 3.49. The minimum absolute atomic E-state index is 0.143. The van der Waals surface area contributed by atoms with Crippen molar-refractivity contribution in [3.63, 3.8) is 0 Å². The summed E-state index contributed by atoms with van der Waals surface area (Å²) >= 11 is -2.42. The van der Waals surface area contributed by atoms with Crippen LogP contribution in [0.4, 0.5) is 5.95 Å². The first-order valence-corrected chi connectivity index (χ1v) is 10.2. The number of hydrogen-bond donors (Lipinski definition) is 2. The van der Waals surface area contributed by atoms with Crippen LogP contribution in [0.1, 0.15) is 11.5 Å². The van der Waals surface area contributed by atoms with Crippen LogP contribution in [0, 0.1) is 13.8 Å². The number of aromatic amines is 1. The molecule has 10 heteroatoms. The van der Waals surface area contributed by atoms with E-state index < -0.39 is 11.1 Å². The molecule has 9 nitrogen and oxygen atoms in total. The number of ether oxygens (including phenoxy) is 1. The Morgan fingerprint density at radius 1 is 1.32 bits per heavy atom. The highest BCUT2D eigenvalue weighted by Gasteiger charge is 2.17. The lowest BCUT2D eigenvalue weighted by Crippen LogP contribution is -2.39. The van der Waals surface area contributed by atoms with E-state index in [4.69, 9.17) is 9.26 Å². The lowest BCUT2D eigenvalue weighted by molar-refractivity contribution is 0.0398. The number of benzene rings is 1. The number of nitrogens with one attached hydrogen (secondary N) is 2. The zero-order valence-electron chi connectivity index (χ0n) is 15.8. The fourth-order valence-corrected chi connectivity index (χ4v) is 4.03. The number of imidazole rings is 1. The van der Waals surface area contributed by atoms with Crippen LogP contribution in [-0.4, -0.2) is 68.2 Å². The first-order chi connectivity index (χ1) is 13.5. The summed E-state index contributed by atoms with van der Waals surface area (Å²) < 4.78 is 34.2. The molecule has 150 valence electrons. The third-order valence-corrected chi connectivity index (χ3v) is 5.55. The molecule has 2 aromatic heterocycles. The highest BCUT2D eigenvalue weighted by Crippen LogP contribution is 2.32. The number of rotatable bonds is 6. The number of morpholine rings is 1. The smallest absolute Gasteiger partial charge is 0.201 e. The lowest BCUT2D eigenvalue weighted by Gasteiger charge is -2.26. The Balaban J connectivity index is 1.60. The third kappa shape index (κ3) is 3.81. The number of fused-ring (bicyclic) bond motifs is 1. The largest absolute Gasteiger partial charge is 0.768 e. The van der Waals surface area contributed by atoms with Gasteiger partial charge in [-0.2, -0.15) is 0 Å². The average molecular weight is 404 g/mol. The summed E-state index contributed by atoms with van der Waals surface area (Å²) in [6, 6.07) is 3.48. The minimum Gasteiger partial charge on any atom is -0.768 e. The SMILES string of the molecule is Cc1noc(C)c1-c1cc(S(=O)[O-])c2nc(NCCN3CCOCC3)[nH]c2c1. The van der Waals surface area contributed by atoms with Gasteiger partial charge >= 0.3 is 0 Å². The van der Waals surface area contributed by atoms with E-state index in [1.807, 2.05) is 13.0 Å². The molecule has 1 aromatic carbocycles. The van der Waals surface area contributed by atoms with Gasteiger partial charge < -0.3 is 24.1 Å². The van der Waals surface area contributed by atoms with Crippen LogP contribution in [0.25, 0.3) is 22.2 Å². The molecule has 0 amide bonds. The molecule has 0 bridgehead atoms. The van der Waals surface area contributed by atoms with Crippen LogP contribution in [0.3, 0.4) is 0 Å². The maximum Gasteiger partial charge on any atom is 0.201 e. The van der Waals surface area contributed by atoms with Gasteiger partial charge in [0.25, 0.3) is 0 Å². The van der Waals surface area contributed by atoms with Crippen molar-refractivity contribution in [1.29, 1.82) is 0 Å². The standard InChI is InChI=1S/C18H23N5O4S/c1-11-16(12(2)27-22-11)13-9-14-17(15(10-13)28(24)25)21-18(20-14)19-3-4-23-5-7-26-8-6-23/h9-10H,3-8H2,1-2H3,(H,24,25)(H2,19,20,21)/p-1. The number of H-pyrrole nitrogens is 1. The van der Waals surface area contributed by atoms with E-state index >= 15 is 0 Å². The van der Waals surface area contributed by atoms with Crippen molar-refractivity contribution in [2.45, 2.75) is 18.7 Å². The number of anilines is 1. The predicted octanol–water partition coefficient (Wildman–Crippen LogP) is 1.82. The fraction of sp³-hybridized carbons (Fsp3) is 0.444. The summed E-state index contributed by atoms with van der Waals surface area (Å²) in [6.45, 7) is 8.55. The summed E-state index contributed by atoms with van der Waals surface area (Å²) in [5.41, 5.74) is 3.29. The van der Waals surface area contributed by atoms with Gasteiger partial charge in [-0.15, -0.1) is 0 Å². The van der Waals surface area contributed by atoms with Gasteiger partial charge in [-0.1, -0.05) is 5.16 Å². The molecule has 2 N–H and O–H groups in total. The van der Waals surface area contributed by atoms with Crippen molar-refractivity contribution >= 4 is 28.1 Å². The summed E-state index contributed by atoms with van der Waals surface area (Å²) in [5.74, 6) is 1.19. The van der Waals surface area contributed by atoms with Crippen molar-refractivity contribution in [1.82, 2.24) is 20.0 Å². The molecule has 1 aliphatic heterocycles. The normalized spacial score (nSPS) is 16.5. The Kier molecular flexibility index (Phi) is 5.44. The van der Waals surface area contributed by atoms with E-state index in [1.165, 1.54) is 0 Å². The van der Waals surface area contributed by atoms with Gasteiger partial charge in [0, 0.05) is 31.7 Å². The Labute approximate surface area is 164 Å². The molecule has 1 saturated heterocycles. The van der Waals surface area contributed by atoms with Gasteiger partial charge in [-0.25, -0.2) is 4.98 Å². The van der Waals surface area contributed by atoms with Crippen molar-refractivity contribution in [3.05, 3.63) is 23.6 Å². The molecule has 3 heterocycles. The van der Waals surface area contributed by atoms with Crippen LogP contribution in [0.2, 0.25) is 0 Å². The quantitative estimate of drug-likeness (QED) is 0.597. The maximum atomic E-state index is 11.8. The molecule has 4 rings (SSSR count). The Morgan fingerprint density at radius 3 is 2.79 bits per heavy atom. The Bertz CT molecular complexity index is 989. The van der Waals surface area contributed by atoms with Crippen LogP contribution >= 0.6 is 0 Å². The highest BCUT2D eigenvalue weighted by molar-refractivity contribution is 7.79. The van der Waals surface area contributed by atoms with Crippen LogP contribution in [0.5, 0.6) is 0 Å². The van der Waals surface area contributed by atoms with Gasteiger partial charge in [0.2, 0.25) is 5.95 Å². The summed E-state index contributed by atoms with van der Waals surface area (Å²) in [7, 11) is 0. The highest BCUT2D eigenvalue weighted by atomic mass is 32.2. The Morgan fingerprint density at radius 2 is 2.11 bits per heavy atom. The second-order valence-electron chi connectivity index (χ2n) is 6.77. The second kappa shape index (κ2) is 8.00. The van der Waals surface area contributed by atoms with E-state index in [2.05, 4.69) is 25.3 Å². The van der Waals surface area contributed by atoms with Crippen LogP contribution in [-0.2, 0) is 15.8 Å². The predicted molar refractivity (Wildman–Crippen MR) is 104 cm³/mol. The number of nitrogens with zero attached hydrogens (tertiary/aromatic N) is 3. The van der Waals surface area contributed by atoms with Crippen molar-refractivity contribution < 1.29 is 18.0 Å².